The summed E-state index contributed by atoms with van der Waals surface area (Å²) in [6, 6.07) is 7.81. The first-order valence-electron chi connectivity index (χ1n) is 7.53. The Morgan fingerprint density at radius 3 is 2.48 bits per heavy atom. The molecule has 1 aliphatic heterocycles. The molecule has 0 bridgehead atoms. The maximum atomic E-state index is 12.3. The average molecular weight is 291 g/mol. The second-order valence-electron chi connectivity index (χ2n) is 5.55. The highest BCUT2D eigenvalue weighted by molar-refractivity contribution is 5.94. The van der Waals surface area contributed by atoms with E-state index in [4.69, 9.17) is 10.5 Å². The molecule has 3 N–H and O–H groups in total. The molecule has 2 unspecified atom stereocenters. The summed E-state index contributed by atoms with van der Waals surface area (Å²) in [5.74, 6) is -0.0359. The average Bonchev–Trinajstić information content (AvgIpc) is 2.55. The van der Waals surface area contributed by atoms with Gasteiger partial charge >= 0.3 is 0 Å². The van der Waals surface area contributed by atoms with Crippen LogP contribution in [0.2, 0.25) is 0 Å². The van der Waals surface area contributed by atoms with E-state index >= 15 is 0 Å². The first-order valence-corrected chi connectivity index (χ1v) is 7.53. The zero-order chi connectivity index (χ0) is 15.2. The molecule has 2 atom stereocenters. The van der Waals surface area contributed by atoms with Crippen molar-refractivity contribution < 1.29 is 9.53 Å². The SMILES string of the molecule is CC(NC(=O)c1ccc(CN)cc1)C(C)N1CCOCC1. The third kappa shape index (κ3) is 4.27. The molecule has 1 fully saturated rings. The van der Waals surface area contributed by atoms with Crippen LogP contribution >= 0.6 is 0 Å². The lowest BCUT2D eigenvalue weighted by Gasteiger charge is -2.35. The summed E-state index contributed by atoms with van der Waals surface area (Å²) in [5, 5.41) is 3.08. The van der Waals surface area contributed by atoms with Gasteiger partial charge in [-0.05, 0) is 31.5 Å². The minimum absolute atomic E-state index is 0.0359. The van der Waals surface area contributed by atoms with Crippen molar-refractivity contribution in [2.45, 2.75) is 32.5 Å². The van der Waals surface area contributed by atoms with E-state index in [2.05, 4.69) is 17.1 Å². The van der Waals surface area contributed by atoms with Gasteiger partial charge < -0.3 is 15.8 Å². The van der Waals surface area contributed by atoms with Crippen molar-refractivity contribution in [2.75, 3.05) is 26.3 Å². The van der Waals surface area contributed by atoms with Gasteiger partial charge in [0.2, 0.25) is 0 Å². The van der Waals surface area contributed by atoms with Crippen molar-refractivity contribution in [1.82, 2.24) is 10.2 Å². The fourth-order valence-corrected chi connectivity index (χ4v) is 2.50. The minimum Gasteiger partial charge on any atom is -0.379 e. The summed E-state index contributed by atoms with van der Waals surface area (Å²) in [5.41, 5.74) is 7.27. The summed E-state index contributed by atoms with van der Waals surface area (Å²) < 4.78 is 5.36. The van der Waals surface area contributed by atoms with Gasteiger partial charge in [-0.15, -0.1) is 0 Å². The molecule has 1 saturated heterocycles. The zero-order valence-corrected chi connectivity index (χ0v) is 12.8. The van der Waals surface area contributed by atoms with Crippen molar-refractivity contribution in [3.05, 3.63) is 35.4 Å². The third-order valence-corrected chi connectivity index (χ3v) is 4.16. The second-order valence-corrected chi connectivity index (χ2v) is 5.55. The number of nitrogens with one attached hydrogen (secondary N) is 1. The van der Waals surface area contributed by atoms with E-state index in [-0.39, 0.29) is 11.9 Å². The molecular formula is C16H25N3O2. The second kappa shape index (κ2) is 7.54. The Balaban J connectivity index is 1.90. The van der Waals surface area contributed by atoms with Gasteiger partial charge in [0.1, 0.15) is 0 Å². The number of carbonyl (C=O) groups is 1. The van der Waals surface area contributed by atoms with Crippen LogP contribution in [-0.2, 0) is 11.3 Å². The standard InChI is InChI=1S/C16H25N3O2/c1-12(13(2)19-7-9-21-10-8-19)18-16(20)15-5-3-14(11-17)4-6-15/h3-6,12-13H,7-11,17H2,1-2H3,(H,18,20). The number of benzene rings is 1. The number of amides is 1. The molecule has 1 aromatic carbocycles. The Morgan fingerprint density at radius 2 is 1.90 bits per heavy atom. The molecule has 1 aromatic rings. The van der Waals surface area contributed by atoms with Crippen LogP contribution in [0.25, 0.3) is 0 Å². The summed E-state index contributed by atoms with van der Waals surface area (Å²) in [7, 11) is 0. The van der Waals surface area contributed by atoms with Gasteiger partial charge in [-0.1, -0.05) is 12.1 Å². The first kappa shape index (κ1) is 15.9. The number of carbonyl (C=O) groups excluding carboxylic acids is 1. The topological polar surface area (TPSA) is 67.6 Å². The summed E-state index contributed by atoms with van der Waals surface area (Å²) in [6.07, 6.45) is 0. The molecule has 0 spiro atoms. The predicted molar refractivity (Wildman–Crippen MR) is 83.1 cm³/mol. The minimum atomic E-state index is -0.0359. The highest BCUT2D eigenvalue weighted by Crippen LogP contribution is 2.09. The lowest BCUT2D eigenvalue weighted by atomic mass is 10.1. The summed E-state index contributed by atoms with van der Waals surface area (Å²) in [4.78, 5) is 14.6. The molecule has 5 heteroatoms. The van der Waals surface area contributed by atoms with Gasteiger partial charge in [0.25, 0.3) is 5.91 Å². The number of nitrogens with two attached hydrogens (primary N) is 1. The molecule has 5 nitrogen and oxygen atoms in total. The number of hydrogen-bond donors (Lipinski definition) is 2. The van der Waals surface area contributed by atoms with Crippen LogP contribution in [0.1, 0.15) is 29.8 Å². The molecule has 0 aromatic heterocycles. The molecule has 116 valence electrons. The molecule has 2 rings (SSSR count). The van der Waals surface area contributed by atoms with Crippen molar-refractivity contribution in [2.24, 2.45) is 5.73 Å². The Kier molecular flexibility index (Phi) is 5.73. The smallest absolute Gasteiger partial charge is 0.251 e. The molecule has 0 aliphatic carbocycles. The fourth-order valence-electron chi connectivity index (χ4n) is 2.50. The van der Waals surface area contributed by atoms with E-state index in [0.717, 1.165) is 31.9 Å². The molecule has 1 heterocycles. The van der Waals surface area contributed by atoms with E-state index in [1.54, 1.807) is 0 Å². The Labute approximate surface area is 126 Å². The maximum absolute atomic E-state index is 12.3. The van der Waals surface area contributed by atoms with Crippen LogP contribution in [0.5, 0.6) is 0 Å². The van der Waals surface area contributed by atoms with Crippen LogP contribution in [0.15, 0.2) is 24.3 Å². The van der Waals surface area contributed by atoms with Crippen molar-refractivity contribution >= 4 is 5.91 Å². The van der Waals surface area contributed by atoms with Crippen LogP contribution in [0.4, 0.5) is 0 Å². The van der Waals surface area contributed by atoms with Crippen molar-refractivity contribution in [3.8, 4) is 0 Å². The normalized spacial score (nSPS) is 19.0. The Bertz CT molecular complexity index is 455. The first-order chi connectivity index (χ1) is 10.1. The molecule has 0 radical (unpaired) electrons. The van der Waals surface area contributed by atoms with Gasteiger partial charge in [0, 0.05) is 37.3 Å². The van der Waals surface area contributed by atoms with Gasteiger partial charge in [0.15, 0.2) is 0 Å². The number of rotatable bonds is 5. The quantitative estimate of drug-likeness (QED) is 0.849. The Hall–Kier alpha value is -1.43. The van der Waals surface area contributed by atoms with Crippen LogP contribution < -0.4 is 11.1 Å². The van der Waals surface area contributed by atoms with Gasteiger partial charge in [-0.25, -0.2) is 0 Å². The molecule has 21 heavy (non-hydrogen) atoms. The van der Waals surface area contributed by atoms with Crippen molar-refractivity contribution in [1.29, 1.82) is 0 Å². The molecule has 1 amide bonds. The van der Waals surface area contributed by atoms with Crippen LogP contribution in [-0.4, -0.2) is 49.2 Å². The summed E-state index contributed by atoms with van der Waals surface area (Å²) >= 11 is 0. The highest BCUT2D eigenvalue weighted by atomic mass is 16.5. The van der Waals surface area contributed by atoms with Crippen LogP contribution in [0, 0.1) is 0 Å². The molecule has 0 saturated carbocycles. The van der Waals surface area contributed by atoms with E-state index in [1.165, 1.54) is 0 Å². The zero-order valence-electron chi connectivity index (χ0n) is 12.8. The number of hydrogen-bond acceptors (Lipinski definition) is 4. The van der Waals surface area contributed by atoms with Gasteiger partial charge in [-0.3, -0.25) is 9.69 Å². The number of ether oxygens (including phenoxy) is 1. The van der Waals surface area contributed by atoms with E-state index in [1.807, 2.05) is 31.2 Å². The van der Waals surface area contributed by atoms with Crippen molar-refractivity contribution in [3.63, 3.8) is 0 Å². The van der Waals surface area contributed by atoms with E-state index in [0.29, 0.717) is 18.2 Å². The largest absolute Gasteiger partial charge is 0.379 e. The predicted octanol–water partition coefficient (Wildman–Crippen LogP) is 0.984. The monoisotopic (exact) mass is 291 g/mol. The highest BCUT2D eigenvalue weighted by Gasteiger charge is 2.23. The maximum Gasteiger partial charge on any atom is 0.251 e. The molecule has 1 aliphatic rings. The molecular weight excluding hydrogens is 266 g/mol. The van der Waals surface area contributed by atoms with E-state index < -0.39 is 0 Å². The third-order valence-electron chi connectivity index (χ3n) is 4.16. The number of nitrogens with zero attached hydrogens (tertiary/aromatic N) is 1. The Morgan fingerprint density at radius 1 is 1.29 bits per heavy atom. The van der Waals surface area contributed by atoms with Crippen LogP contribution in [0.3, 0.4) is 0 Å². The lowest BCUT2D eigenvalue weighted by Crippen LogP contribution is -2.52. The van der Waals surface area contributed by atoms with Gasteiger partial charge in [-0.2, -0.15) is 0 Å². The fraction of sp³-hybridized carbons (Fsp3) is 0.562. The number of morpholine rings is 1. The van der Waals surface area contributed by atoms with E-state index in [9.17, 15) is 4.79 Å². The lowest BCUT2D eigenvalue weighted by molar-refractivity contribution is 0.0137. The van der Waals surface area contributed by atoms with Gasteiger partial charge in [0.05, 0.1) is 13.2 Å². The summed E-state index contributed by atoms with van der Waals surface area (Å²) in [6.45, 7) is 8.07.